The first-order chi connectivity index (χ1) is 35.7. The van der Waals surface area contributed by atoms with Crippen LogP contribution in [0.3, 0.4) is 0 Å². The molecule has 334 valence electrons. The summed E-state index contributed by atoms with van der Waals surface area (Å²) in [6.45, 7) is 0. The minimum atomic E-state index is 0.511. The van der Waals surface area contributed by atoms with Gasteiger partial charge < -0.3 is 18.0 Å². The molecule has 0 aliphatic heterocycles. The Morgan fingerprint density at radius 2 is 0.833 bits per heavy atom. The number of nitrogens with zero attached hydrogens (tertiary/aromatic N) is 6. The summed E-state index contributed by atoms with van der Waals surface area (Å²) in [4.78, 5) is 15.6. The summed E-state index contributed by atoms with van der Waals surface area (Å²) in [6.07, 6.45) is 0. The Kier molecular flexibility index (Phi) is 8.55. The van der Waals surface area contributed by atoms with Gasteiger partial charge in [-0.1, -0.05) is 152 Å². The predicted octanol–water partition coefficient (Wildman–Crippen LogP) is 16.4. The number of para-hydroxylation sites is 4. The zero-order chi connectivity index (χ0) is 47.4. The molecule has 0 aliphatic carbocycles. The minimum absolute atomic E-state index is 0.511. The molecule has 10 aromatic carbocycles. The van der Waals surface area contributed by atoms with E-state index in [0.717, 1.165) is 127 Å². The van der Waals surface area contributed by atoms with Crippen LogP contribution in [0.15, 0.2) is 227 Å². The molecule has 0 unspecified atom stereocenters. The standard InChI is InChI=1S/C64H36N6O2/c65-37-49-41(24-15-27-52(49)69-50-25-11-7-22-46(50)58-53(69)34-32-44-42-20-9-13-28-56(42)71-60(44)58)40-30-31-48(64-67-62(38-16-3-1-4-17-38)66-63(68-64)39-18-5-2-6-19-39)55(36-40)70-51-26-12-8-23-47(51)59-54(70)35-33-45-43-21-10-14-29-57(43)72-61(45)59/h1-36H. The number of fused-ring (bicyclic) bond motifs is 14. The molecular formula is C64H36N6O2. The van der Waals surface area contributed by atoms with Crippen LogP contribution < -0.4 is 0 Å². The third-order valence-corrected chi connectivity index (χ3v) is 14.2. The van der Waals surface area contributed by atoms with E-state index >= 15 is 0 Å². The molecule has 0 bridgehead atoms. The highest BCUT2D eigenvalue weighted by atomic mass is 16.3. The Hall–Kier alpha value is -10.1. The van der Waals surface area contributed by atoms with Crippen molar-refractivity contribution in [2.45, 2.75) is 0 Å². The minimum Gasteiger partial charge on any atom is -0.455 e. The molecule has 0 radical (unpaired) electrons. The largest absolute Gasteiger partial charge is 0.455 e. The van der Waals surface area contributed by atoms with E-state index in [0.29, 0.717) is 23.0 Å². The summed E-state index contributed by atoms with van der Waals surface area (Å²) in [7, 11) is 0. The van der Waals surface area contributed by atoms with Crippen molar-refractivity contribution in [3.63, 3.8) is 0 Å². The fraction of sp³-hybridized carbons (Fsp3) is 0. The third-order valence-electron chi connectivity index (χ3n) is 14.2. The Bertz CT molecular complexity index is 4710. The molecule has 5 aromatic heterocycles. The van der Waals surface area contributed by atoms with Crippen LogP contribution in [-0.2, 0) is 0 Å². The molecule has 8 nitrogen and oxygen atoms in total. The van der Waals surface area contributed by atoms with Gasteiger partial charge >= 0.3 is 0 Å². The highest BCUT2D eigenvalue weighted by Gasteiger charge is 2.25. The monoisotopic (exact) mass is 920 g/mol. The second kappa shape index (κ2) is 15.5. The van der Waals surface area contributed by atoms with Crippen molar-refractivity contribution in [1.82, 2.24) is 24.1 Å². The van der Waals surface area contributed by atoms with Crippen molar-refractivity contribution >= 4 is 87.5 Å². The summed E-state index contributed by atoms with van der Waals surface area (Å²) in [6, 6.07) is 77.1. The second-order valence-electron chi connectivity index (χ2n) is 18.2. The smallest absolute Gasteiger partial charge is 0.166 e. The highest BCUT2D eigenvalue weighted by Crippen LogP contribution is 2.45. The molecule has 5 heterocycles. The number of hydrogen-bond donors (Lipinski definition) is 0. The van der Waals surface area contributed by atoms with Gasteiger partial charge in [-0.3, -0.25) is 0 Å². The topological polar surface area (TPSA) is 98.6 Å². The second-order valence-corrected chi connectivity index (χ2v) is 18.2. The molecular weight excluding hydrogens is 885 g/mol. The SMILES string of the molecule is N#Cc1c(-c2ccc(-c3nc(-c4ccccc4)nc(-c4ccccc4)n3)c(-n3c4ccccc4c4c5oc6ccccc6c5ccc43)c2)cccc1-n1c2ccccc2c2c3oc4ccccc4c3ccc21. The van der Waals surface area contributed by atoms with Crippen molar-refractivity contribution in [2.24, 2.45) is 0 Å². The molecule has 15 aromatic rings. The highest BCUT2D eigenvalue weighted by molar-refractivity contribution is 6.25. The maximum atomic E-state index is 11.5. The van der Waals surface area contributed by atoms with Gasteiger partial charge in [-0.15, -0.1) is 0 Å². The lowest BCUT2D eigenvalue weighted by Gasteiger charge is -2.18. The van der Waals surface area contributed by atoms with E-state index < -0.39 is 0 Å². The Morgan fingerprint density at radius 3 is 1.39 bits per heavy atom. The van der Waals surface area contributed by atoms with Crippen LogP contribution in [0.2, 0.25) is 0 Å². The summed E-state index contributed by atoms with van der Waals surface area (Å²) in [5.74, 6) is 1.63. The van der Waals surface area contributed by atoms with Gasteiger partial charge in [-0.25, -0.2) is 15.0 Å². The maximum absolute atomic E-state index is 11.5. The molecule has 0 saturated heterocycles. The van der Waals surface area contributed by atoms with Crippen molar-refractivity contribution in [3.8, 4) is 62.7 Å². The Morgan fingerprint density at radius 1 is 0.347 bits per heavy atom. The number of rotatable bonds is 6. The third kappa shape index (κ3) is 5.82. The van der Waals surface area contributed by atoms with Gasteiger partial charge in [0.1, 0.15) is 28.4 Å². The number of hydrogen-bond acceptors (Lipinski definition) is 6. The van der Waals surface area contributed by atoms with E-state index in [4.69, 9.17) is 23.8 Å². The van der Waals surface area contributed by atoms with E-state index in [1.165, 1.54) is 0 Å². The Balaban J connectivity index is 1.01. The van der Waals surface area contributed by atoms with Crippen LogP contribution in [-0.4, -0.2) is 24.1 Å². The molecule has 8 heteroatoms. The van der Waals surface area contributed by atoms with Crippen LogP contribution in [0.25, 0.3) is 144 Å². The first kappa shape index (κ1) is 39.9. The van der Waals surface area contributed by atoms with Gasteiger partial charge in [0.2, 0.25) is 0 Å². The predicted molar refractivity (Wildman–Crippen MR) is 290 cm³/mol. The molecule has 0 atom stereocenters. The summed E-state index contributed by atoms with van der Waals surface area (Å²) >= 11 is 0. The average Bonchev–Trinajstić information content (AvgIpc) is 4.21. The van der Waals surface area contributed by atoms with Gasteiger partial charge in [0.15, 0.2) is 17.5 Å². The van der Waals surface area contributed by atoms with Crippen LogP contribution in [0.5, 0.6) is 0 Å². The molecule has 0 spiro atoms. The van der Waals surface area contributed by atoms with Crippen molar-refractivity contribution in [3.05, 3.63) is 224 Å². The van der Waals surface area contributed by atoms with Gasteiger partial charge in [0, 0.05) is 54.6 Å². The van der Waals surface area contributed by atoms with Crippen LogP contribution in [0, 0.1) is 11.3 Å². The van der Waals surface area contributed by atoms with E-state index in [9.17, 15) is 5.26 Å². The summed E-state index contributed by atoms with van der Waals surface area (Å²) < 4.78 is 17.9. The molecule has 0 aliphatic rings. The van der Waals surface area contributed by atoms with Gasteiger partial charge in [0.05, 0.1) is 49.8 Å². The molecule has 0 amide bonds. The molecule has 0 fully saturated rings. The summed E-state index contributed by atoms with van der Waals surface area (Å²) in [5.41, 5.74) is 13.5. The van der Waals surface area contributed by atoms with E-state index in [1.54, 1.807) is 0 Å². The van der Waals surface area contributed by atoms with E-state index in [2.05, 4.69) is 118 Å². The van der Waals surface area contributed by atoms with Crippen molar-refractivity contribution < 1.29 is 8.83 Å². The quantitative estimate of drug-likeness (QED) is 0.165. The molecule has 15 rings (SSSR count). The maximum Gasteiger partial charge on any atom is 0.166 e. The first-order valence-electron chi connectivity index (χ1n) is 23.9. The molecule has 72 heavy (non-hydrogen) atoms. The fourth-order valence-corrected chi connectivity index (χ4v) is 11.1. The lowest BCUT2D eigenvalue weighted by atomic mass is 9.96. The van der Waals surface area contributed by atoms with Gasteiger partial charge in [0.25, 0.3) is 0 Å². The first-order valence-corrected chi connectivity index (χ1v) is 23.9. The van der Waals surface area contributed by atoms with E-state index in [-0.39, 0.29) is 0 Å². The zero-order valence-electron chi connectivity index (χ0n) is 38.3. The average molecular weight is 921 g/mol. The number of benzene rings is 10. The molecule has 0 N–H and O–H groups in total. The Labute approximate surface area is 410 Å². The molecule has 0 saturated carbocycles. The zero-order valence-corrected chi connectivity index (χ0v) is 38.3. The summed E-state index contributed by atoms with van der Waals surface area (Å²) in [5, 5.41) is 19.8. The number of furan rings is 2. The van der Waals surface area contributed by atoms with Crippen LogP contribution in [0.4, 0.5) is 0 Å². The van der Waals surface area contributed by atoms with Crippen LogP contribution >= 0.6 is 0 Å². The normalized spacial score (nSPS) is 11.9. The van der Waals surface area contributed by atoms with E-state index in [1.807, 2.05) is 115 Å². The van der Waals surface area contributed by atoms with Crippen molar-refractivity contribution in [1.29, 1.82) is 5.26 Å². The number of aromatic nitrogens is 5. The fourth-order valence-electron chi connectivity index (χ4n) is 11.1. The van der Waals surface area contributed by atoms with Gasteiger partial charge in [-0.2, -0.15) is 5.26 Å². The van der Waals surface area contributed by atoms with Gasteiger partial charge in [-0.05, 0) is 72.3 Å². The van der Waals surface area contributed by atoms with Crippen LogP contribution in [0.1, 0.15) is 5.56 Å². The van der Waals surface area contributed by atoms with Crippen molar-refractivity contribution in [2.75, 3.05) is 0 Å². The lowest BCUT2D eigenvalue weighted by molar-refractivity contribution is 0.672. The lowest BCUT2D eigenvalue weighted by Crippen LogP contribution is -2.04. The number of nitriles is 1.